The van der Waals surface area contributed by atoms with Crippen LogP contribution >= 0.6 is 15.9 Å². The number of hydrogen-bond donors (Lipinski definition) is 2. The van der Waals surface area contributed by atoms with Gasteiger partial charge in [-0.05, 0) is 31.5 Å². The molecule has 1 rings (SSSR count). The molecule has 0 saturated carbocycles. The summed E-state index contributed by atoms with van der Waals surface area (Å²) in [4.78, 5) is 0. The Morgan fingerprint density at radius 1 is 1.25 bits per heavy atom. The highest BCUT2D eigenvalue weighted by molar-refractivity contribution is 9.10. The zero-order chi connectivity index (χ0) is 15.0. The van der Waals surface area contributed by atoms with Gasteiger partial charge in [-0.25, -0.2) is 0 Å². The summed E-state index contributed by atoms with van der Waals surface area (Å²) < 4.78 is 11.8. The number of ether oxygens (including phenoxy) is 2. The summed E-state index contributed by atoms with van der Waals surface area (Å²) in [6.07, 6.45) is 0.771. The maximum Gasteiger partial charge on any atom is 0.125 e. The fourth-order valence-corrected chi connectivity index (χ4v) is 2.06. The van der Waals surface area contributed by atoms with Crippen molar-refractivity contribution >= 4 is 15.9 Å². The summed E-state index contributed by atoms with van der Waals surface area (Å²) >= 11 is 3.36. The van der Waals surface area contributed by atoms with Crippen molar-refractivity contribution in [3.8, 4) is 5.75 Å². The first-order chi connectivity index (χ1) is 9.54. The van der Waals surface area contributed by atoms with Crippen LogP contribution in [-0.2, 0) is 4.74 Å². The Balaban J connectivity index is 2.44. The van der Waals surface area contributed by atoms with Crippen molar-refractivity contribution < 1.29 is 19.7 Å². The predicted molar refractivity (Wildman–Crippen MR) is 82.0 cm³/mol. The number of aliphatic hydroxyl groups is 2. The van der Waals surface area contributed by atoms with E-state index >= 15 is 0 Å². The predicted octanol–water partition coefficient (Wildman–Crippen LogP) is 3.06. The van der Waals surface area contributed by atoms with E-state index in [2.05, 4.69) is 22.9 Å². The summed E-state index contributed by atoms with van der Waals surface area (Å²) in [5, 5.41) is 19.5. The quantitative estimate of drug-likeness (QED) is 0.674. The minimum Gasteiger partial charge on any atom is -0.490 e. The number of halogens is 1. The van der Waals surface area contributed by atoms with Crippen LogP contribution in [0.2, 0.25) is 0 Å². The summed E-state index contributed by atoms with van der Waals surface area (Å²) in [7, 11) is 0. The summed E-state index contributed by atoms with van der Waals surface area (Å²) in [5.74, 6) is 0.579. The molecule has 1 aromatic carbocycles. The van der Waals surface area contributed by atoms with Gasteiger partial charge in [0.05, 0.1) is 12.7 Å². The van der Waals surface area contributed by atoms with Crippen LogP contribution in [0.1, 0.15) is 38.4 Å². The van der Waals surface area contributed by atoms with Crippen molar-refractivity contribution in [3.63, 3.8) is 0 Å². The maximum absolute atomic E-state index is 9.77. The molecule has 114 valence electrons. The lowest BCUT2D eigenvalue weighted by Gasteiger charge is -2.16. The van der Waals surface area contributed by atoms with Gasteiger partial charge in [0.25, 0.3) is 0 Å². The van der Waals surface area contributed by atoms with Crippen molar-refractivity contribution in [2.45, 2.75) is 38.9 Å². The van der Waals surface area contributed by atoms with E-state index in [1.807, 2.05) is 12.1 Å². The Labute approximate surface area is 128 Å². The summed E-state index contributed by atoms with van der Waals surface area (Å²) in [5.41, 5.74) is 0.693. The van der Waals surface area contributed by atoms with E-state index in [1.165, 1.54) is 0 Å². The van der Waals surface area contributed by atoms with E-state index in [-0.39, 0.29) is 13.2 Å². The molecular formula is C15H23BrO4. The molecule has 2 atom stereocenters. The average Bonchev–Trinajstić information content (AvgIpc) is 2.42. The second kappa shape index (κ2) is 9.34. The largest absolute Gasteiger partial charge is 0.490 e. The fraction of sp³-hybridized carbons (Fsp3) is 0.600. The van der Waals surface area contributed by atoms with Gasteiger partial charge in [0.1, 0.15) is 18.5 Å². The zero-order valence-electron chi connectivity index (χ0n) is 12.0. The lowest BCUT2D eigenvalue weighted by molar-refractivity contribution is 0.0107. The molecule has 0 spiro atoms. The van der Waals surface area contributed by atoms with Crippen LogP contribution in [-0.4, -0.2) is 36.1 Å². The lowest BCUT2D eigenvalue weighted by atomic mass is 10.1. The minimum atomic E-state index is -0.669. The van der Waals surface area contributed by atoms with E-state index in [9.17, 15) is 10.2 Å². The fourth-order valence-electron chi connectivity index (χ4n) is 1.68. The molecule has 0 aliphatic rings. The van der Waals surface area contributed by atoms with Crippen molar-refractivity contribution in [3.05, 3.63) is 28.2 Å². The van der Waals surface area contributed by atoms with E-state index in [1.54, 1.807) is 13.0 Å². The summed E-state index contributed by atoms with van der Waals surface area (Å²) in [6.45, 7) is 4.84. The highest BCUT2D eigenvalue weighted by atomic mass is 79.9. The number of unbranched alkanes of at least 4 members (excludes halogenated alkanes) is 1. The molecule has 1 aromatic rings. The first kappa shape index (κ1) is 17.4. The normalized spacial score (nSPS) is 14.1. The molecule has 0 bridgehead atoms. The molecule has 0 heterocycles. The smallest absolute Gasteiger partial charge is 0.125 e. The molecule has 0 fully saturated rings. The van der Waals surface area contributed by atoms with E-state index < -0.39 is 12.2 Å². The SMILES string of the molecule is CCCCOCC(O)COc1ccc(Br)cc1[C@@H](C)O. The molecule has 2 N–H and O–H groups in total. The highest BCUT2D eigenvalue weighted by Crippen LogP contribution is 2.28. The molecule has 0 aromatic heterocycles. The topological polar surface area (TPSA) is 58.9 Å². The first-order valence-electron chi connectivity index (χ1n) is 6.90. The monoisotopic (exact) mass is 346 g/mol. The Bertz CT molecular complexity index is 395. The molecule has 20 heavy (non-hydrogen) atoms. The van der Waals surface area contributed by atoms with Gasteiger partial charge in [0.15, 0.2) is 0 Å². The Morgan fingerprint density at radius 3 is 2.65 bits per heavy atom. The molecule has 0 saturated heterocycles. The highest BCUT2D eigenvalue weighted by Gasteiger charge is 2.12. The summed E-state index contributed by atoms with van der Waals surface area (Å²) in [6, 6.07) is 5.42. The van der Waals surface area contributed by atoms with Gasteiger partial charge in [-0.2, -0.15) is 0 Å². The van der Waals surface area contributed by atoms with Gasteiger partial charge in [-0.1, -0.05) is 29.3 Å². The second-order valence-electron chi connectivity index (χ2n) is 4.75. The Hall–Kier alpha value is -0.620. The molecule has 1 unspecified atom stereocenters. The third-order valence-corrected chi connectivity index (χ3v) is 3.30. The second-order valence-corrected chi connectivity index (χ2v) is 5.67. The minimum absolute atomic E-state index is 0.146. The van der Waals surface area contributed by atoms with Crippen LogP contribution in [0, 0.1) is 0 Å². The third-order valence-electron chi connectivity index (χ3n) is 2.81. The maximum atomic E-state index is 9.77. The number of benzene rings is 1. The average molecular weight is 347 g/mol. The van der Waals surface area contributed by atoms with Crippen molar-refractivity contribution in [2.75, 3.05) is 19.8 Å². The van der Waals surface area contributed by atoms with Gasteiger partial charge < -0.3 is 19.7 Å². The first-order valence-corrected chi connectivity index (χ1v) is 7.70. The third kappa shape index (κ3) is 6.22. The molecule has 0 aliphatic carbocycles. The Kier molecular flexibility index (Phi) is 8.14. The van der Waals surface area contributed by atoms with Crippen LogP contribution in [0.25, 0.3) is 0 Å². The lowest BCUT2D eigenvalue weighted by Crippen LogP contribution is -2.24. The van der Waals surface area contributed by atoms with Crippen LogP contribution in [0.4, 0.5) is 0 Å². The van der Waals surface area contributed by atoms with Crippen LogP contribution in [0.5, 0.6) is 5.75 Å². The zero-order valence-corrected chi connectivity index (χ0v) is 13.6. The molecule has 0 amide bonds. The van der Waals surface area contributed by atoms with Crippen molar-refractivity contribution in [1.82, 2.24) is 0 Å². The van der Waals surface area contributed by atoms with Crippen molar-refractivity contribution in [2.24, 2.45) is 0 Å². The molecule has 0 aliphatic heterocycles. The van der Waals surface area contributed by atoms with Crippen molar-refractivity contribution in [1.29, 1.82) is 0 Å². The van der Waals surface area contributed by atoms with Gasteiger partial charge >= 0.3 is 0 Å². The van der Waals surface area contributed by atoms with E-state index in [0.29, 0.717) is 17.9 Å². The van der Waals surface area contributed by atoms with E-state index in [4.69, 9.17) is 9.47 Å². The number of rotatable bonds is 9. The van der Waals surface area contributed by atoms with Crippen LogP contribution < -0.4 is 4.74 Å². The molecular weight excluding hydrogens is 324 g/mol. The Morgan fingerprint density at radius 2 is 2.00 bits per heavy atom. The van der Waals surface area contributed by atoms with Gasteiger partial charge in [-0.3, -0.25) is 0 Å². The van der Waals surface area contributed by atoms with Crippen LogP contribution in [0.3, 0.4) is 0 Å². The van der Waals surface area contributed by atoms with E-state index in [0.717, 1.165) is 17.3 Å². The number of hydrogen-bond acceptors (Lipinski definition) is 4. The van der Waals surface area contributed by atoms with Gasteiger partial charge in [0, 0.05) is 16.6 Å². The van der Waals surface area contributed by atoms with Gasteiger partial charge in [0.2, 0.25) is 0 Å². The molecule has 5 heteroatoms. The van der Waals surface area contributed by atoms with Crippen LogP contribution in [0.15, 0.2) is 22.7 Å². The van der Waals surface area contributed by atoms with Gasteiger partial charge in [-0.15, -0.1) is 0 Å². The molecule has 0 radical (unpaired) electrons. The number of aliphatic hydroxyl groups excluding tert-OH is 2. The molecule has 4 nitrogen and oxygen atoms in total. The standard InChI is InChI=1S/C15H23BrO4/c1-3-4-7-19-9-13(18)10-20-15-6-5-12(16)8-14(15)11(2)17/h5-6,8,11,13,17-18H,3-4,7,9-10H2,1-2H3/t11-,13?/m1/s1.